The minimum absolute atomic E-state index is 0.117. The fourth-order valence-electron chi connectivity index (χ4n) is 3.69. The van der Waals surface area contributed by atoms with Crippen LogP contribution in [0.2, 0.25) is 0 Å². The highest BCUT2D eigenvalue weighted by molar-refractivity contribution is 5.77. The van der Waals surface area contributed by atoms with Crippen LogP contribution in [0.15, 0.2) is 24.3 Å². The monoisotopic (exact) mass is 373 g/mol. The van der Waals surface area contributed by atoms with Crippen molar-refractivity contribution in [1.29, 1.82) is 0 Å². The molecule has 0 aliphatic carbocycles. The van der Waals surface area contributed by atoms with Gasteiger partial charge >= 0.3 is 12.1 Å². The summed E-state index contributed by atoms with van der Waals surface area (Å²) in [7, 11) is 0. The van der Waals surface area contributed by atoms with Crippen LogP contribution in [0, 0.1) is 6.92 Å². The Morgan fingerprint density at radius 1 is 1.07 bits per heavy atom. The first-order valence-corrected chi connectivity index (χ1v) is 9.82. The van der Waals surface area contributed by atoms with Gasteiger partial charge in [0.25, 0.3) is 0 Å². The van der Waals surface area contributed by atoms with Gasteiger partial charge in [0.05, 0.1) is 0 Å². The van der Waals surface area contributed by atoms with Gasteiger partial charge in [0, 0.05) is 38.8 Å². The van der Waals surface area contributed by atoms with Gasteiger partial charge in [-0.3, -0.25) is 0 Å². The summed E-state index contributed by atoms with van der Waals surface area (Å²) in [6.45, 7) is 11.2. The molecule has 6 heteroatoms. The van der Waals surface area contributed by atoms with Gasteiger partial charge in [-0.15, -0.1) is 0 Å². The van der Waals surface area contributed by atoms with Crippen molar-refractivity contribution in [2.45, 2.75) is 58.7 Å². The lowest BCUT2D eigenvalue weighted by molar-refractivity contribution is 0.0170. The summed E-state index contributed by atoms with van der Waals surface area (Å²) in [6, 6.07) is 8.67. The van der Waals surface area contributed by atoms with Crippen LogP contribution >= 0.6 is 0 Å². The predicted molar refractivity (Wildman–Crippen MR) is 105 cm³/mol. The van der Waals surface area contributed by atoms with Crippen LogP contribution in [-0.4, -0.2) is 64.6 Å². The number of hydrogen-bond acceptors (Lipinski definition) is 3. The molecule has 1 aromatic carbocycles. The van der Waals surface area contributed by atoms with E-state index in [1.54, 1.807) is 4.90 Å². The highest BCUT2D eigenvalue weighted by atomic mass is 16.6. The summed E-state index contributed by atoms with van der Waals surface area (Å²) in [5.74, 6) is 0. The number of aryl methyl sites for hydroxylation is 1. The van der Waals surface area contributed by atoms with Crippen LogP contribution in [0.3, 0.4) is 0 Å². The van der Waals surface area contributed by atoms with E-state index in [9.17, 15) is 9.59 Å². The van der Waals surface area contributed by atoms with Crippen molar-refractivity contribution in [3.63, 3.8) is 0 Å². The number of likely N-dealkylation sites (tertiary alicyclic amines) is 1. The maximum atomic E-state index is 12.8. The van der Waals surface area contributed by atoms with E-state index >= 15 is 0 Å². The van der Waals surface area contributed by atoms with Crippen LogP contribution in [0.5, 0.6) is 0 Å². The highest BCUT2D eigenvalue weighted by Gasteiger charge is 2.36. The Kier molecular flexibility index (Phi) is 5.63. The summed E-state index contributed by atoms with van der Waals surface area (Å²) < 4.78 is 5.45. The number of carbonyl (C=O) groups is 2. The van der Waals surface area contributed by atoms with Crippen molar-refractivity contribution >= 4 is 12.1 Å². The van der Waals surface area contributed by atoms with Crippen molar-refractivity contribution in [1.82, 2.24) is 14.7 Å². The van der Waals surface area contributed by atoms with Gasteiger partial charge in [-0.25, -0.2) is 9.59 Å². The molecule has 0 saturated carbocycles. The quantitative estimate of drug-likeness (QED) is 0.813. The van der Waals surface area contributed by atoms with Crippen LogP contribution in [0.4, 0.5) is 9.59 Å². The van der Waals surface area contributed by atoms with E-state index in [4.69, 9.17) is 4.74 Å². The first kappa shape index (κ1) is 19.5. The molecule has 0 radical (unpaired) electrons. The number of benzene rings is 1. The molecule has 6 nitrogen and oxygen atoms in total. The molecule has 0 N–H and O–H groups in total. The molecule has 0 atom stereocenters. The van der Waals surface area contributed by atoms with Gasteiger partial charge < -0.3 is 19.4 Å². The molecule has 1 aromatic rings. The van der Waals surface area contributed by atoms with E-state index in [0.29, 0.717) is 19.6 Å². The number of nitrogens with zero attached hydrogens (tertiary/aromatic N) is 3. The van der Waals surface area contributed by atoms with Crippen molar-refractivity contribution in [2.24, 2.45) is 0 Å². The third-order valence-corrected chi connectivity index (χ3v) is 5.18. The molecule has 2 aliphatic rings. The Morgan fingerprint density at radius 2 is 1.70 bits per heavy atom. The van der Waals surface area contributed by atoms with Crippen LogP contribution in [-0.2, 0) is 11.3 Å². The Hall–Kier alpha value is -2.24. The molecule has 0 aromatic heterocycles. The number of piperidine rings is 1. The fraction of sp³-hybridized carbons (Fsp3) is 0.619. The second-order valence-electron chi connectivity index (χ2n) is 8.58. The van der Waals surface area contributed by atoms with Gasteiger partial charge in [-0.05, 0) is 46.1 Å². The lowest BCUT2D eigenvalue weighted by Gasteiger charge is -2.37. The van der Waals surface area contributed by atoms with E-state index in [-0.39, 0.29) is 18.2 Å². The van der Waals surface area contributed by atoms with Gasteiger partial charge in [0.1, 0.15) is 5.60 Å². The summed E-state index contributed by atoms with van der Waals surface area (Å²) in [5.41, 5.74) is 1.91. The van der Waals surface area contributed by atoms with Crippen molar-refractivity contribution in [2.75, 3.05) is 26.2 Å². The number of ether oxygens (including phenoxy) is 1. The largest absolute Gasteiger partial charge is 0.444 e. The van der Waals surface area contributed by atoms with Gasteiger partial charge in [-0.1, -0.05) is 29.8 Å². The number of amides is 3. The molecule has 3 amide bonds. The molecule has 27 heavy (non-hydrogen) atoms. The zero-order valence-electron chi connectivity index (χ0n) is 16.9. The molecular weight excluding hydrogens is 342 g/mol. The molecule has 2 heterocycles. The zero-order chi connectivity index (χ0) is 19.6. The summed E-state index contributed by atoms with van der Waals surface area (Å²) in [5, 5.41) is 0. The minimum Gasteiger partial charge on any atom is -0.444 e. The first-order valence-electron chi connectivity index (χ1n) is 9.82. The molecule has 0 unspecified atom stereocenters. The fourth-order valence-corrected chi connectivity index (χ4v) is 3.69. The highest BCUT2D eigenvalue weighted by Crippen LogP contribution is 2.23. The number of carbonyl (C=O) groups excluding carboxylic acids is 2. The Bertz CT molecular complexity index is 673. The lowest BCUT2D eigenvalue weighted by Crippen LogP contribution is -2.49. The normalized spacial score (nSPS) is 19.0. The number of hydrogen-bond donors (Lipinski definition) is 0. The Labute approximate surface area is 162 Å². The molecule has 148 valence electrons. The lowest BCUT2D eigenvalue weighted by atomic mass is 10.0. The average molecular weight is 373 g/mol. The Balaban J connectivity index is 1.51. The van der Waals surface area contributed by atoms with Crippen LogP contribution in [0.25, 0.3) is 0 Å². The van der Waals surface area contributed by atoms with E-state index < -0.39 is 5.60 Å². The summed E-state index contributed by atoms with van der Waals surface area (Å²) in [6.07, 6.45) is 1.36. The maximum Gasteiger partial charge on any atom is 0.410 e. The molecule has 3 rings (SSSR count). The number of urea groups is 1. The topological polar surface area (TPSA) is 53.1 Å². The first-order chi connectivity index (χ1) is 12.7. The second kappa shape index (κ2) is 7.79. The van der Waals surface area contributed by atoms with Gasteiger partial charge in [0.2, 0.25) is 0 Å². The third-order valence-electron chi connectivity index (χ3n) is 5.18. The molecule has 2 aliphatic heterocycles. The average Bonchev–Trinajstić information content (AvgIpc) is 2.96. The predicted octanol–water partition coefficient (Wildman–Crippen LogP) is 3.63. The molecule has 0 bridgehead atoms. The zero-order valence-corrected chi connectivity index (χ0v) is 16.9. The van der Waals surface area contributed by atoms with Crippen LogP contribution in [0.1, 0.15) is 44.7 Å². The number of rotatable bonds is 3. The van der Waals surface area contributed by atoms with E-state index in [0.717, 1.165) is 31.5 Å². The van der Waals surface area contributed by atoms with Crippen molar-refractivity contribution in [3.8, 4) is 0 Å². The molecule has 2 saturated heterocycles. The van der Waals surface area contributed by atoms with Crippen molar-refractivity contribution < 1.29 is 14.3 Å². The summed E-state index contributed by atoms with van der Waals surface area (Å²) >= 11 is 0. The van der Waals surface area contributed by atoms with E-state index in [2.05, 4.69) is 31.2 Å². The Morgan fingerprint density at radius 3 is 2.30 bits per heavy atom. The molecule has 0 spiro atoms. The third kappa shape index (κ3) is 4.93. The van der Waals surface area contributed by atoms with E-state index in [1.807, 2.05) is 30.6 Å². The molecular formula is C21H31N3O3. The SMILES string of the molecule is Cc1ccc(CN2CCN(C3CCN(C(=O)OC(C)(C)C)CC3)C2=O)cc1. The van der Waals surface area contributed by atoms with Crippen LogP contribution < -0.4 is 0 Å². The van der Waals surface area contributed by atoms with Gasteiger partial charge in [0.15, 0.2) is 0 Å². The smallest absolute Gasteiger partial charge is 0.410 e. The van der Waals surface area contributed by atoms with Crippen molar-refractivity contribution in [3.05, 3.63) is 35.4 Å². The van der Waals surface area contributed by atoms with E-state index in [1.165, 1.54) is 5.56 Å². The second-order valence-corrected chi connectivity index (χ2v) is 8.58. The standard InChI is InChI=1S/C21H31N3O3/c1-16-5-7-17(8-6-16)15-23-13-14-24(19(23)25)18-9-11-22(12-10-18)20(26)27-21(2,3)4/h5-8,18H,9-15H2,1-4H3. The molecule has 2 fully saturated rings. The minimum atomic E-state index is -0.477. The van der Waals surface area contributed by atoms with Gasteiger partial charge in [-0.2, -0.15) is 0 Å². The summed E-state index contributed by atoms with van der Waals surface area (Å²) in [4.78, 5) is 30.7. The maximum absolute atomic E-state index is 12.8.